The molecule has 1 aliphatic heterocycles. The van der Waals surface area contributed by atoms with Crippen LogP contribution in [-0.2, 0) is 0 Å². The van der Waals surface area contributed by atoms with E-state index < -0.39 is 0 Å². The lowest BCUT2D eigenvalue weighted by Gasteiger charge is -2.53. The van der Waals surface area contributed by atoms with Crippen molar-refractivity contribution in [1.29, 1.82) is 0 Å². The molecule has 7 aliphatic rings. The molecule has 6 saturated carbocycles. The SMILES string of the molecule is Cc1cc(C2CCCCC2)cc(C2CCCCC2)c1N1C=[N+](C2C3CC4CC(C3)CC2C4)[C@H](c2ccccc2)[C@H]1c1ccccc1. The van der Waals surface area contributed by atoms with E-state index in [4.69, 9.17) is 0 Å². The normalized spacial score (nSPS) is 33.0. The highest BCUT2D eigenvalue weighted by molar-refractivity contribution is 5.83. The van der Waals surface area contributed by atoms with Crippen molar-refractivity contribution in [2.45, 2.75) is 133 Å². The van der Waals surface area contributed by atoms with Crippen LogP contribution in [0.15, 0.2) is 72.8 Å². The average Bonchev–Trinajstić information content (AvgIpc) is 3.48. The van der Waals surface area contributed by atoms with Crippen LogP contribution < -0.4 is 4.90 Å². The Morgan fingerprint density at radius 3 is 1.76 bits per heavy atom. The van der Waals surface area contributed by atoms with Gasteiger partial charge in [0.1, 0.15) is 11.7 Å². The molecule has 2 atom stereocenters. The van der Waals surface area contributed by atoms with E-state index in [0.29, 0.717) is 18.0 Å². The molecule has 10 rings (SSSR count). The molecule has 4 bridgehead atoms. The molecular weight excluding hydrogens is 556 g/mol. The molecule has 6 aliphatic carbocycles. The van der Waals surface area contributed by atoms with E-state index in [1.165, 1.54) is 113 Å². The van der Waals surface area contributed by atoms with E-state index in [0.717, 1.165) is 29.6 Å². The molecule has 240 valence electrons. The minimum absolute atomic E-state index is 0.266. The number of rotatable bonds is 6. The first-order valence-corrected chi connectivity index (χ1v) is 19.4. The summed E-state index contributed by atoms with van der Waals surface area (Å²) in [5.41, 5.74) is 9.33. The molecule has 6 fully saturated rings. The number of hydrogen-bond donors (Lipinski definition) is 0. The number of hydrogen-bond acceptors (Lipinski definition) is 1. The molecule has 3 aromatic carbocycles. The maximum Gasteiger partial charge on any atom is 0.240 e. The largest absolute Gasteiger partial charge is 0.253 e. The van der Waals surface area contributed by atoms with Crippen LogP contribution in [0.1, 0.15) is 148 Å². The zero-order valence-corrected chi connectivity index (χ0v) is 28.2. The minimum Gasteiger partial charge on any atom is -0.253 e. The molecule has 0 spiro atoms. The van der Waals surface area contributed by atoms with Crippen LogP contribution in [0.25, 0.3) is 0 Å². The van der Waals surface area contributed by atoms with Crippen LogP contribution in [0.5, 0.6) is 0 Å². The smallest absolute Gasteiger partial charge is 0.240 e. The van der Waals surface area contributed by atoms with E-state index in [1.54, 1.807) is 16.8 Å². The number of aryl methyl sites for hydroxylation is 1. The summed E-state index contributed by atoms with van der Waals surface area (Å²) in [6, 6.07) is 29.9. The summed E-state index contributed by atoms with van der Waals surface area (Å²) in [7, 11) is 0. The molecule has 0 amide bonds. The third kappa shape index (κ3) is 5.18. The van der Waals surface area contributed by atoms with E-state index >= 15 is 0 Å². The lowest BCUT2D eigenvalue weighted by Crippen LogP contribution is -2.53. The second kappa shape index (κ2) is 12.3. The van der Waals surface area contributed by atoms with Crippen LogP contribution in [0.4, 0.5) is 5.69 Å². The first-order valence-electron chi connectivity index (χ1n) is 19.4. The van der Waals surface area contributed by atoms with E-state index in [2.05, 4.69) is 95.5 Å². The Morgan fingerprint density at radius 1 is 0.587 bits per heavy atom. The lowest BCUT2D eigenvalue weighted by molar-refractivity contribution is -0.622. The molecule has 2 heteroatoms. The van der Waals surface area contributed by atoms with E-state index in [9.17, 15) is 0 Å². The van der Waals surface area contributed by atoms with Crippen LogP contribution >= 0.6 is 0 Å². The van der Waals surface area contributed by atoms with Crippen LogP contribution in [0.3, 0.4) is 0 Å². The number of anilines is 1. The maximum atomic E-state index is 2.96. The molecular formula is C44H55N2+. The van der Waals surface area contributed by atoms with Crippen molar-refractivity contribution < 1.29 is 4.58 Å². The van der Waals surface area contributed by atoms with Crippen molar-refractivity contribution >= 4 is 12.0 Å². The summed E-state index contributed by atoms with van der Waals surface area (Å²) < 4.78 is 2.96. The molecule has 0 saturated heterocycles. The van der Waals surface area contributed by atoms with Gasteiger partial charge in [0.25, 0.3) is 0 Å². The van der Waals surface area contributed by atoms with Crippen molar-refractivity contribution in [3.05, 3.63) is 101 Å². The van der Waals surface area contributed by atoms with Gasteiger partial charge in [-0.15, -0.1) is 0 Å². The fourth-order valence-corrected chi connectivity index (χ4v) is 12.0. The summed E-state index contributed by atoms with van der Waals surface area (Å²) in [6.45, 7) is 2.47. The van der Waals surface area contributed by atoms with E-state index in [1.807, 2.05) is 0 Å². The van der Waals surface area contributed by atoms with Gasteiger partial charge in [-0.25, -0.2) is 4.90 Å². The fraction of sp³-hybridized carbons (Fsp3) is 0.568. The molecule has 0 N–H and O–H groups in total. The maximum absolute atomic E-state index is 2.96. The molecule has 0 unspecified atom stereocenters. The standard InChI is InChI=1S/C44H55N2/c1-30-22-37(33-14-6-2-7-15-33)28-40(34-16-8-3-9-17-34)41(30)45-29-46(42-38-24-31-23-32(26-38)27-39(42)25-31)44(36-20-12-5-13-21-36)43(45)35-18-10-4-11-19-35/h4-5,10-13,18-22,28-29,31-34,38-39,42-44H,2-3,6-9,14-17,23-27H2,1H3/q+1/t31?,32?,38?,39?,42?,43-,44-/m1/s1. The molecule has 3 aromatic rings. The highest BCUT2D eigenvalue weighted by Crippen LogP contribution is 2.57. The van der Waals surface area contributed by atoms with Gasteiger partial charge in [0.2, 0.25) is 6.34 Å². The Morgan fingerprint density at radius 2 is 1.15 bits per heavy atom. The number of benzene rings is 3. The van der Waals surface area contributed by atoms with Gasteiger partial charge in [0.05, 0.1) is 0 Å². The predicted molar refractivity (Wildman–Crippen MR) is 191 cm³/mol. The third-order valence-corrected chi connectivity index (χ3v) is 13.7. The first kappa shape index (κ1) is 29.3. The quantitative estimate of drug-likeness (QED) is 0.251. The lowest BCUT2D eigenvalue weighted by atomic mass is 9.54. The monoisotopic (exact) mass is 611 g/mol. The number of nitrogens with zero attached hydrogens (tertiary/aromatic N) is 2. The van der Waals surface area contributed by atoms with Gasteiger partial charge in [0, 0.05) is 28.5 Å². The molecule has 2 nitrogen and oxygen atoms in total. The summed E-state index contributed by atoms with van der Waals surface area (Å²) in [5, 5.41) is 0. The summed E-state index contributed by atoms with van der Waals surface area (Å²) in [4.78, 5) is 2.84. The second-order valence-corrected chi connectivity index (χ2v) is 16.5. The Kier molecular flexibility index (Phi) is 7.83. The predicted octanol–water partition coefficient (Wildman–Crippen LogP) is 11.3. The zero-order chi connectivity index (χ0) is 30.6. The third-order valence-electron chi connectivity index (χ3n) is 13.7. The molecule has 1 heterocycles. The van der Waals surface area contributed by atoms with Gasteiger partial charge in [-0.3, -0.25) is 4.58 Å². The van der Waals surface area contributed by atoms with Crippen LogP contribution in [-0.4, -0.2) is 17.0 Å². The van der Waals surface area contributed by atoms with E-state index in [-0.39, 0.29) is 6.04 Å². The van der Waals surface area contributed by atoms with Crippen LogP contribution in [0.2, 0.25) is 0 Å². The van der Waals surface area contributed by atoms with Crippen molar-refractivity contribution in [1.82, 2.24) is 0 Å². The Balaban J connectivity index is 1.23. The molecule has 0 radical (unpaired) electrons. The molecule has 0 aromatic heterocycles. The zero-order valence-electron chi connectivity index (χ0n) is 28.2. The highest BCUT2D eigenvalue weighted by Gasteiger charge is 2.56. The van der Waals surface area contributed by atoms with Crippen molar-refractivity contribution in [3.8, 4) is 0 Å². The minimum atomic E-state index is 0.266. The summed E-state index contributed by atoms with van der Waals surface area (Å²) in [6.07, 6.45) is 23.9. The topological polar surface area (TPSA) is 6.25 Å². The van der Waals surface area contributed by atoms with Crippen molar-refractivity contribution in [2.24, 2.45) is 23.7 Å². The van der Waals surface area contributed by atoms with Gasteiger partial charge in [-0.2, -0.15) is 0 Å². The van der Waals surface area contributed by atoms with Gasteiger partial charge in [0.15, 0.2) is 12.1 Å². The van der Waals surface area contributed by atoms with Crippen LogP contribution in [0, 0.1) is 30.6 Å². The summed E-state index contributed by atoms with van der Waals surface area (Å²) >= 11 is 0. The van der Waals surface area contributed by atoms with Crippen molar-refractivity contribution in [3.63, 3.8) is 0 Å². The van der Waals surface area contributed by atoms with Gasteiger partial charge >= 0.3 is 0 Å². The second-order valence-electron chi connectivity index (χ2n) is 16.5. The Bertz CT molecular complexity index is 1520. The van der Waals surface area contributed by atoms with Gasteiger partial charge in [-0.05, 0) is 99.5 Å². The van der Waals surface area contributed by atoms with Gasteiger partial charge in [-0.1, -0.05) is 111 Å². The fourth-order valence-electron chi connectivity index (χ4n) is 12.0. The highest BCUT2D eigenvalue weighted by atomic mass is 15.3. The van der Waals surface area contributed by atoms with Gasteiger partial charge < -0.3 is 0 Å². The summed E-state index contributed by atoms with van der Waals surface area (Å²) in [5.74, 6) is 5.11. The molecule has 46 heavy (non-hydrogen) atoms. The van der Waals surface area contributed by atoms with Crippen molar-refractivity contribution in [2.75, 3.05) is 4.90 Å². The first-order chi connectivity index (χ1) is 22.7. The Labute approximate surface area is 278 Å². The Hall–Kier alpha value is -2.87. The average molecular weight is 612 g/mol.